The largest absolute Gasteiger partial charge is 0.416 e. The van der Waals surface area contributed by atoms with Crippen molar-refractivity contribution in [3.63, 3.8) is 0 Å². The molecule has 0 fully saturated rings. The lowest BCUT2D eigenvalue weighted by molar-refractivity contribution is -0.137. The summed E-state index contributed by atoms with van der Waals surface area (Å²) >= 11 is 1.56. The van der Waals surface area contributed by atoms with Gasteiger partial charge in [-0.25, -0.2) is 9.78 Å². The molecular formula is C28H31F3N4O2S. The van der Waals surface area contributed by atoms with E-state index in [9.17, 15) is 22.8 Å². The minimum Gasteiger partial charge on any atom is -0.366 e. The summed E-state index contributed by atoms with van der Waals surface area (Å²) in [6.45, 7) is 10.6. The maximum absolute atomic E-state index is 13.9. The van der Waals surface area contributed by atoms with E-state index in [1.807, 2.05) is 34.6 Å². The van der Waals surface area contributed by atoms with Crippen LogP contribution in [-0.2, 0) is 25.7 Å². The molecule has 38 heavy (non-hydrogen) atoms. The van der Waals surface area contributed by atoms with E-state index in [0.717, 1.165) is 33.3 Å². The SMILES string of the molecule is Cc1nc(C)c(CN(C(=O)N2CCc3c(-c4cccc(C(F)(F)F)c4)ccc(C(N)=O)c3C2)C(C)(C)C)s1. The number of fused-ring (bicyclic) bond motifs is 1. The third-order valence-electron chi connectivity index (χ3n) is 6.79. The highest BCUT2D eigenvalue weighted by Gasteiger charge is 2.35. The molecule has 1 aliphatic rings. The summed E-state index contributed by atoms with van der Waals surface area (Å²) in [5.74, 6) is -0.644. The zero-order valence-electron chi connectivity index (χ0n) is 22.1. The molecule has 1 aromatic heterocycles. The van der Waals surface area contributed by atoms with Gasteiger partial charge in [-0.2, -0.15) is 13.2 Å². The fourth-order valence-electron chi connectivity index (χ4n) is 4.83. The van der Waals surface area contributed by atoms with Crippen molar-refractivity contribution in [3.8, 4) is 11.1 Å². The van der Waals surface area contributed by atoms with Gasteiger partial charge in [-0.15, -0.1) is 11.3 Å². The Morgan fingerprint density at radius 3 is 2.39 bits per heavy atom. The maximum Gasteiger partial charge on any atom is 0.416 e. The summed E-state index contributed by atoms with van der Waals surface area (Å²) in [4.78, 5) is 35.1. The number of rotatable bonds is 4. The molecule has 0 unspecified atom stereocenters. The van der Waals surface area contributed by atoms with Gasteiger partial charge in [0.15, 0.2) is 0 Å². The highest BCUT2D eigenvalue weighted by atomic mass is 32.1. The standard InChI is InChI=1S/C28H31F3N4O2S/c1-16-24(38-17(2)33-16)15-35(27(3,4)5)26(37)34-12-11-21-20(9-10-22(25(32)36)23(21)14-34)18-7-6-8-19(13-18)28(29,30)31/h6-10,13H,11-12,14-15H2,1-5H3,(H2,32,36). The van der Waals surface area contributed by atoms with Crippen molar-refractivity contribution in [1.29, 1.82) is 0 Å². The molecule has 1 aliphatic heterocycles. The number of primary amides is 1. The summed E-state index contributed by atoms with van der Waals surface area (Å²) in [6.07, 6.45) is -4.09. The fraction of sp³-hybridized carbons (Fsp3) is 0.393. The third-order valence-corrected chi connectivity index (χ3v) is 7.85. The normalized spacial score (nSPS) is 13.8. The first-order valence-corrected chi connectivity index (χ1v) is 13.1. The van der Waals surface area contributed by atoms with Crippen molar-refractivity contribution in [3.05, 3.63) is 74.2 Å². The number of aromatic nitrogens is 1. The Balaban J connectivity index is 1.71. The Hall–Kier alpha value is -3.40. The van der Waals surface area contributed by atoms with E-state index in [1.165, 1.54) is 12.1 Å². The number of hydrogen-bond acceptors (Lipinski definition) is 4. The van der Waals surface area contributed by atoms with Crippen LogP contribution in [0.1, 0.15) is 63.4 Å². The second-order valence-electron chi connectivity index (χ2n) is 10.5. The lowest BCUT2D eigenvalue weighted by atomic mass is 9.87. The first kappa shape index (κ1) is 27.6. The molecule has 4 rings (SSSR count). The predicted molar refractivity (Wildman–Crippen MR) is 142 cm³/mol. The Kier molecular flexibility index (Phi) is 7.31. The minimum atomic E-state index is -4.47. The number of carbonyl (C=O) groups excluding carboxylic acids is 2. The second kappa shape index (κ2) is 10.1. The number of thiazole rings is 1. The molecule has 2 aromatic carbocycles. The average molecular weight is 545 g/mol. The number of nitrogens with two attached hydrogens (primary N) is 1. The summed E-state index contributed by atoms with van der Waals surface area (Å²) in [5.41, 5.74) is 7.91. The van der Waals surface area contributed by atoms with Gasteiger partial charge in [0.05, 0.1) is 22.8 Å². The van der Waals surface area contributed by atoms with Crippen molar-refractivity contribution in [2.45, 2.75) is 65.8 Å². The van der Waals surface area contributed by atoms with Gasteiger partial charge in [-0.05, 0) is 81.5 Å². The molecule has 6 nitrogen and oxygen atoms in total. The molecule has 202 valence electrons. The van der Waals surface area contributed by atoms with Gasteiger partial charge in [0.2, 0.25) is 5.91 Å². The van der Waals surface area contributed by atoms with Crippen LogP contribution in [0.3, 0.4) is 0 Å². The maximum atomic E-state index is 13.9. The van der Waals surface area contributed by atoms with E-state index < -0.39 is 23.2 Å². The molecule has 2 heterocycles. The Labute approximate surface area is 224 Å². The molecule has 0 saturated carbocycles. The zero-order chi connectivity index (χ0) is 28.0. The first-order chi connectivity index (χ1) is 17.7. The van der Waals surface area contributed by atoms with E-state index in [-0.39, 0.29) is 18.1 Å². The van der Waals surface area contributed by atoms with E-state index in [4.69, 9.17) is 5.73 Å². The van der Waals surface area contributed by atoms with Crippen molar-refractivity contribution in [2.75, 3.05) is 6.54 Å². The second-order valence-corrected chi connectivity index (χ2v) is 11.8. The molecule has 10 heteroatoms. The molecule has 0 aliphatic carbocycles. The first-order valence-electron chi connectivity index (χ1n) is 12.3. The highest BCUT2D eigenvalue weighted by Crippen LogP contribution is 2.37. The number of nitrogens with zero attached hydrogens (tertiary/aromatic N) is 3. The summed E-state index contributed by atoms with van der Waals surface area (Å²) in [7, 11) is 0. The average Bonchev–Trinajstić information content (AvgIpc) is 3.16. The number of halogens is 3. The number of aryl methyl sites for hydroxylation is 2. The number of hydrogen-bond donors (Lipinski definition) is 1. The Bertz CT molecular complexity index is 1390. The minimum absolute atomic E-state index is 0.131. The summed E-state index contributed by atoms with van der Waals surface area (Å²) < 4.78 is 40.1. The van der Waals surface area contributed by atoms with Crippen molar-refractivity contribution in [1.82, 2.24) is 14.8 Å². The smallest absolute Gasteiger partial charge is 0.366 e. The molecule has 0 radical (unpaired) electrons. The van der Waals surface area contributed by atoms with Crippen molar-refractivity contribution in [2.24, 2.45) is 5.73 Å². The predicted octanol–water partition coefficient (Wildman–Crippen LogP) is 6.32. The summed E-state index contributed by atoms with van der Waals surface area (Å²) in [6, 6.07) is 8.12. The van der Waals surface area contributed by atoms with Gasteiger partial charge >= 0.3 is 12.2 Å². The molecule has 3 amide bonds. The molecule has 0 bridgehead atoms. The van der Waals surface area contributed by atoms with Gasteiger partial charge < -0.3 is 15.5 Å². The number of amides is 3. The molecular weight excluding hydrogens is 513 g/mol. The highest BCUT2D eigenvalue weighted by molar-refractivity contribution is 7.11. The van der Waals surface area contributed by atoms with Crippen LogP contribution in [-0.4, -0.2) is 38.8 Å². The van der Waals surface area contributed by atoms with Crippen LogP contribution in [0.5, 0.6) is 0 Å². The molecule has 0 atom stereocenters. The quantitative estimate of drug-likeness (QED) is 0.417. The van der Waals surface area contributed by atoms with E-state index >= 15 is 0 Å². The molecule has 2 N–H and O–H groups in total. The van der Waals surface area contributed by atoms with Crippen molar-refractivity contribution < 1.29 is 22.8 Å². The number of urea groups is 1. The van der Waals surface area contributed by atoms with Crippen LogP contribution in [0.2, 0.25) is 0 Å². The van der Waals surface area contributed by atoms with Crippen LogP contribution in [0, 0.1) is 13.8 Å². The topological polar surface area (TPSA) is 79.5 Å². The Morgan fingerprint density at radius 2 is 1.82 bits per heavy atom. The van der Waals surface area contributed by atoms with Crippen LogP contribution in [0.4, 0.5) is 18.0 Å². The lowest BCUT2D eigenvalue weighted by Gasteiger charge is -2.41. The Morgan fingerprint density at radius 1 is 1.11 bits per heavy atom. The van der Waals surface area contributed by atoms with E-state index in [0.29, 0.717) is 36.2 Å². The monoisotopic (exact) mass is 544 g/mol. The zero-order valence-corrected chi connectivity index (χ0v) is 22.9. The van der Waals surface area contributed by atoms with Gasteiger partial charge in [0.25, 0.3) is 0 Å². The molecule has 0 saturated heterocycles. The van der Waals surface area contributed by atoms with Crippen LogP contribution >= 0.6 is 11.3 Å². The van der Waals surface area contributed by atoms with Gasteiger partial charge in [0.1, 0.15) is 0 Å². The summed E-state index contributed by atoms with van der Waals surface area (Å²) in [5, 5.41) is 0.930. The lowest BCUT2D eigenvalue weighted by Crippen LogP contribution is -2.52. The number of benzene rings is 2. The fourth-order valence-corrected chi connectivity index (χ4v) is 5.76. The van der Waals surface area contributed by atoms with Crippen LogP contribution < -0.4 is 5.73 Å². The van der Waals surface area contributed by atoms with Gasteiger partial charge in [-0.3, -0.25) is 4.79 Å². The van der Waals surface area contributed by atoms with E-state index in [1.54, 1.807) is 33.3 Å². The van der Waals surface area contributed by atoms with Crippen LogP contribution in [0.25, 0.3) is 11.1 Å². The number of alkyl halides is 3. The van der Waals surface area contributed by atoms with Crippen LogP contribution in [0.15, 0.2) is 36.4 Å². The molecule has 0 spiro atoms. The van der Waals surface area contributed by atoms with Gasteiger partial charge in [-0.1, -0.05) is 18.2 Å². The third kappa shape index (κ3) is 5.55. The van der Waals surface area contributed by atoms with Crippen molar-refractivity contribution >= 4 is 23.3 Å². The molecule has 3 aromatic rings. The number of carbonyl (C=O) groups is 2. The van der Waals surface area contributed by atoms with Gasteiger partial charge in [0, 0.05) is 29.1 Å². The van der Waals surface area contributed by atoms with E-state index in [2.05, 4.69) is 4.98 Å².